The highest BCUT2D eigenvalue weighted by molar-refractivity contribution is 5.97. The molecule has 3 aromatic rings. The summed E-state index contributed by atoms with van der Waals surface area (Å²) < 4.78 is 26.4. The van der Waals surface area contributed by atoms with Crippen molar-refractivity contribution in [3.05, 3.63) is 57.8 Å². The molecule has 0 bridgehead atoms. The maximum absolute atomic E-state index is 14.8. The van der Waals surface area contributed by atoms with E-state index in [0.29, 0.717) is 36.0 Å². The number of nitrogens with two attached hydrogens (primary N) is 1. The van der Waals surface area contributed by atoms with E-state index in [0.717, 1.165) is 0 Å². The molecule has 0 fully saturated rings. The fraction of sp³-hybridized carbons (Fsp3) is 0.400. The van der Waals surface area contributed by atoms with Crippen molar-refractivity contribution in [2.24, 2.45) is 0 Å². The number of anilines is 1. The van der Waals surface area contributed by atoms with Gasteiger partial charge in [-0.25, -0.2) is 14.2 Å². The fourth-order valence-electron chi connectivity index (χ4n) is 3.89. The third-order valence-electron chi connectivity index (χ3n) is 5.60. The van der Waals surface area contributed by atoms with Gasteiger partial charge in [-0.3, -0.25) is 19.4 Å². The number of carbonyl (C=O) groups excluding carboxylic acids is 3. The summed E-state index contributed by atoms with van der Waals surface area (Å²) in [5.41, 5.74) is 6.56. The van der Waals surface area contributed by atoms with E-state index in [2.05, 4.69) is 15.3 Å². The number of carbonyl (C=O) groups is 3. The minimum Gasteiger partial charge on any atom is -0.466 e. The number of nitrogens with zero attached hydrogens (tertiary/aromatic N) is 2. The smallest absolute Gasteiger partial charge is 0.328 e. The fourth-order valence-corrected chi connectivity index (χ4v) is 3.89. The van der Waals surface area contributed by atoms with E-state index < -0.39 is 29.7 Å². The zero-order valence-electron chi connectivity index (χ0n) is 20.7. The van der Waals surface area contributed by atoms with Gasteiger partial charge < -0.3 is 25.1 Å². The Bertz CT molecular complexity index is 1330. The van der Waals surface area contributed by atoms with E-state index in [1.807, 2.05) is 0 Å². The monoisotopic (exact) mass is 515 g/mol. The Hall–Kier alpha value is -4.22. The SMILES string of the molecule is CCOC(=O)CC[C@H](NC(=O)c1ccc(CCCn2ccc3nc(N)[nH]c(=O)c32)cc1F)C(=O)OCC. The highest BCUT2D eigenvalue weighted by Gasteiger charge is 2.25. The minimum atomic E-state index is -1.12. The van der Waals surface area contributed by atoms with Crippen LogP contribution in [0, 0.1) is 5.82 Å². The van der Waals surface area contributed by atoms with Crippen molar-refractivity contribution in [3.63, 3.8) is 0 Å². The van der Waals surface area contributed by atoms with Gasteiger partial charge in [-0.1, -0.05) is 6.07 Å². The summed E-state index contributed by atoms with van der Waals surface area (Å²) in [6.07, 6.45) is 2.68. The van der Waals surface area contributed by atoms with Gasteiger partial charge in [0.25, 0.3) is 11.5 Å². The van der Waals surface area contributed by atoms with Crippen molar-refractivity contribution in [3.8, 4) is 0 Å². The number of rotatable bonds is 12. The molecule has 12 heteroatoms. The number of nitrogens with one attached hydrogen (secondary N) is 2. The van der Waals surface area contributed by atoms with Crippen LogP contribution in [0.4, 0.5) is 10.3 Å². The zero-order chi connectivity index (χ0) is 26.9. The van der Waals surface area contributed by atoms with Gasteiger partial charge in [0, 0.05) is 19.2 Å². The van der Waals surface area contributed by atoms with Gasteiger partial charge in [0.2, 0.25) is 5.95 Å². The molecule has 1 aromatic carbocycles. The van der Waals surface area contributed by atoms with Crippen LogP contribution in [0.25, 0.3) is 11.0 Å². The number of esters is 2. The normalized spacial score (nSPS) is 11.8. The second-order valence-electron chi connectivity index (χ2n) is 8.23. The topological polar surface area (TPSA) is 158 Å². The number of aromatic amines is 1. The molecule has 0 aliphatic rings. The van der Waals surface area contributed by atoms with E-state index >= 15 is 0 Å². The molecule has 0 spiro atoms. The Morgan fingerprint density at radius 2 is 1.95 bits per heavy atom. The zero-order valence-corrected chi connectivity index (χ0v) is 20.7. The first kappa shape index (κ1) is 27.4. The summed E-state index contributed by atoms with van der Waals surface area (Å²) in [5, 5.41) is 2.45. The molecule has 0 unspecified atom stereocenters. The second-order valence-corrected chi connectivity index (χ2v) is 8.23. The standard InChI is InChI=1S/C25H30FN5O6/c1-3-36-20(32)10-9-19(24(35)37-4-2)28-22(33)16-8-7-15(14-17(16)26)6-5-12-31-13-11-18-21(31)23(34)30-25(27)29-18/h7-8,11,13-14,19H,3-6,9-10,12H2,1-2H3,(H,28,33)(H3,27,29,30,34)/t19-/m0/s1. The van der Waals surface area contributed by atoms with Gasteiger partial charge >= 0.3 is 11.9 Å². The number of H-pyrrole nitrogens is 1. The molecule has 3 rings (SSSR count). The molecule has 1 amide bonds. The third-order valence-corrected chi connectivity index (χ3v) is 5.60. The molecular formula is C25H30FN5O6. The second kappa shape index (κ2) is 12.7. The predicted molar refractivity (Wildman–Crippen MR) is 133 cm³/mol. The summed E-state index contributed by atoms with van der Waals surface area (Å²) >= 11 is 0. The number of aryl methyl sites for hydroxylation is 2. The molecule has 1 atom stereocenters. The molecule has 0 aliphatic carbocycles. The first-order valence-corrected chi connectivity index (χ1v) is 12.0. The highest BCUT2D eigenvalue weighted by Crippen LogP contribution is 2.15. The summed E-state index contributed by atoms with van der Waals surface area (Å²) in [5.74, 6) is -2.73. The Morgan fingerprint density at radius 3 is 2.65 bits per heavy atom. The van der Waals surface area contributed by atoms with E-state index in [9.17, 15) is 23.6 Å². The number of hydrogen-bond acceptors (Lipinski definition) is 8. The quantitative estimate of drug-likeness (QED) is 0.309. The molecule has 2 heterocycles. The first-order chi connectivity index (χ1) is 17.7. The average molecular weight is 516 g/mol. The number of hydrogen-bond donors (Lipinski definition) is 3. The van der Waals surface area contributed by atoms with Crippen molar-refractivity contribution >= 4 is 34.8 Å². The Morgan fingerprint density at radius 1 is 1.19 bits per heavy atom. The average Bonchev–Trinajstić information content (AvgIpc) is 3.25. The predicted octanol–water partition coefficient (Wildman–Crippen LogP) is 2.08. The van der Waals surface area contributed by atoms with Gasteiger partial charge in [0.05, 0.1) is 24.3 Å². The van der Waals surface area contributed by atoms with Gasteiger partial charge in [0.15, 0.2) is 0 Å². The van der Waals surface area contributed by atoms with Crippen molar-refractivity contribution in [1.29, 1.82) is 0 Å². The number of ether oxygens (including phenoxy) is 2. The van der Waals surface area contributed by atoms with E-state index in [1.54, 1.807) is 36.7 Å². The largest absolute Gasteiger partial charge is 0.466 e. The maximum atomic E-state index is 14.8. The lowest BCUT2D eigenvalue weighted by Crippen LogP contribution is -2.42. The molecule has 198 valence electrons. The molecule has 11 nitrogen and oxygen atoms in total. The van der Waals surface area contributed by atoms with Crippen LogP contribution in [0.1, 0.15) is 49.0 Å². The Balaban J connectivity index is 1.62. The first-order valence-electron chi connectivity index (χ1n) is 12.0. The lowest BCUT2D eigenvalue weighted by molar-refractivity contribution is -0.146. The van der Waals surface area contributed by atoms with Crippen LogP contribution in [0.3, 0.4) is 0 Å². The molecule has 0 aliphatic heterocycles. The van der Waals surface area contributed by atoms with Crippen LogP contribution in [-0.4, -0.2) is 51.6 Å². The molecule has 4 N–H and O–H groups in total. The molecule has 2 aromatic heterocycles. The van der Waals surface area contributed by atoms with E-state index in [4.69, 9.17) is 15.2 Å². The molecule has 37 heavy (non-hydrogen) atoms. The van der Waals surface area contributed by atoms with Gasteiger partial charge in [-0.15, -0.1) is 0 Å². The van der Waals surface area contributed by atoms with Gasteiger partial charge in [-0.05, 0) is 56.9 Å². The van der Waals surface area contributed by atoms with Crippen LogP contribution in [0.5, 0.6) is 0 Å². The minimum absolute atomic E-state index is 0.0396. The third kappa shape index (κ3) is 7.15. The molecule has 0 saturated heterocycles. The van der Waals surface area contributed by atoms with Crippen LogP contribution in [0.15, 0.2) is 35.3 Å². The van der Waals surface area contributed by atoms with E-state index in [-0.39, 0.29) is 43.1 Å². The number of fused-ring (bicyclic) bond motifs is 1. The summed E-state index contributed by atoms with van der Waals surface area (Å²) in [6, 6.07) is 4.80. The number of amides is 1. The number of benzene rings is 1. The van der Waals surface area contributed by atoms with Crippen molar-refractivity contribution < 1.29 is 28.2 Å². The lowest BCUT2D eigenvalue weighted by atomic mass is 10.1. The summed E-state index contributed by atoms with van der Waals surface area (Å²) in [7, 11) is 0. The molecule has 0 radical (unpaired) electrons. The highest BCUT2D eigenvalue weighted by atomic mass is 19.1. The van der Waals surface area contributed by atoms with Crippen LogP contribution in [-0.2, 0) is 32.0 Å². The van der Waals surface area contributed by atoms with Crippen LogP contribution >= 0.6 is 0 Å². The number of aromatic nitrogens is 3. The van der Waals surface area contributed by atoms with Gasteiger partial charge in [0.1, 0.15) is 17.4 Å². The van der Waals surface area contributed by atoms with Gasteiger partial charge in [-0.2, -0.15) is 0 Å². The Labute approximate surface area is 212 Å². The summed E-state index contributed by atoms with van der Waals surface area (Å²) in [6.45, 7) is 4.05. The van der Waals surface area contributed by atoms with Crippen LogP contribution in [0.2, 0.25) is 0 Å². The lowest BCUT2D eigenvalue weighted by Gasteiger charge is -2.17. The molecular weight excluding hydrogens is 485 g/mol. The molecule has 0 saturated carbocycles. The number of nitrogen functional groups attached to an aromatic ring is 1. The van der Waals surface area contributed by atoms with Crippen molar-refractivity contribution in [2.45, 2.75) is 52.1 Å². The number of halogens is 1. The van der Waals surface area contributed by atoms with Crippen molar-refractivity contribution in [2.75, 3.05) is 18.9 Å². The van der Waals surface area contributed by atoms with Crippen molar-refractivity contribution in [1.82, 2.24) is 19.9 Å². The Kier molecular flexibility index (Phi) is 9.36. The summed E-state index contributed by atoms with van der Waals surface area (Å²) in [4.78, 5) is 55.3. The maximum Gasteiger partial charge on any atom is 0.328 e. The van der Waals surface area contributed by atoms with Crippen LogP contribution < -0.4 is 16.6 Å². The van der Waals surface area contributed by atoms with E-state index in [1.165, 1.54) is 12.1 Å².